The molecule has 0 aromatic heterocycles. The molecule has 1 unspecified atom stereocenters. The highest BCUT2D eigenvalue weighted by Gasteiger charge is 2.17. The fourth-order valence-corrected chi connectivity index (χ4v) is 2.08. The van der Waals surface area contributed by atoms with Crippen LogP contribution >= 0.6 is 0 Å². The van der Waals surface area contributed by atoms with E-state index >= 15 is 0 Å². The van der Waals surface area contributed by atoms with Crippen LogP contribution in [-0.2, 0) is 4.79 Å². The second-order valence-electron chi connectivity index (χ2n) is 4.16. The minimum absolute atomic E-state index is 0.0414. The molecule has 1 atom stereocenters. The smallest absolute Gasteiger partial charge is 0.233 e. The molecule has 0 fully saturated rings. The van der Waals surface area contributed by atoms with E-state index in [0.717, 1.165) is 13.1 Å². The summed E-state index contributed by atoms with van der Waals surface area (Å²) in [6, 6.07) is 10.4. The Kier molecular flexibility index (Phi) is 6.39. The van der Waals surface area contributed by atoms with Crippen molar-refractivity contribution in [2.45, 2.75) is 19.9 Å². The van der Waals surface area contributed by atoms with Crippen molar-refractivity contribution in [2.75, 3.05) is 26.2 Å². The second-order valence-corrected chi connectivity index (χ2v) is 4.16. The summed E-state index contributed by atoms with van der Waals surface area (Å²) in [6.45, 7) is 6.80. The number of nitrogens with two attached hydrogens (primary N) is 1. The Morgan fingerprint density at radius 3 is 2.39 bits per heavy atom. The third-order valence-electron chi connectivity index (χ3n) is 3.12. The summed E-state index contributed by atoms with van der Waals surface area (Å²) < 4.78 is 0. The summed E-state index contributed by atoms with van der Waals surface area (Å²) in [5, 5.41) is 2.87. The molecule has 0 aliphatic heterocycles. The van der Waals surface area contributed by atoms with E-state index in [4.69, 9.17) is 5.73 Å². The number of hydrogen-bond donors (Lipinski definition) is 2. The lowest BCUT2D eigenvalue weighted by atomic mass is 10.1. The lowest BCUT2D eigenvalue weighted by Gasteiger charge is -2.30. The van der Waals surface area contributed by atoms with E-state index in [1.807, 2.05) is 18.2 Å². The van der Waals surface area contributed by atoms with Gasteiger partial charge >= 0.3 is 0 Å². The van der Waals surface area contributed by atoms with Gasteiger partial charge in [-0.1, -0.05) is 44.2 Å². The van der Waals surface area contributed by atoms with Crippen LogP contribution in [0.1, 0.15) is 25.5 Å². The van der Waals surface area contributed by atoms with Crippen LogP contribution in [0.15, 0.2) is 30.3 Å². The van der Waals surface area contributed by atoms with Crippen molar-refractivity contribution in [3.63, 3.8) is 0 Å². The van der Waals surface area contributed by atoms with Crippen molar-refractivity contribution in [2.24, 2.45) is 5.73 Å². The van der Waals surface area contributed by atoms with Crippen molar-refractivity contribution in [3.8, 4) is 0 Å². The highest BCUT2D eigenvalue weighted by molar-refractivity contribution is 5.77. The topological polar surface area (TPSA) is 58.4 Å². The fraction of sp³-hybridized carbons (Fsp3) is 0.500. The maximum atomic E-state index is 11.3. The van der Waals surface area contributed by atoms with Crippen molar-refractivity contribution in [3.05, 3.63) is 35.9 Å². The number of nitrogens with one attached hydrogen (secondary N) is 1. The van der Waals surface area contributed by atoms with Crippen LogP contribution in [0.2, 0.25) is 0 Å². The number of carbonyl (C=O) groups is 1. The van der Waals surface area contributed by atoms with Gasteiger partial charge in [-0.15, -0.1) is 0 Å². The van der Waals surface area contributed by atoms with E-state index in [-0.39, 0.29) is 18.5 Å². The predicted molar refractivity (Wildman–Crippen MR) is 74.2 cm³/mol. The third kappa shape index (κ3) is 4.13. The van der Waals surface area contributed by atoms with Crippen LogP contribution in [0.25, 0.3) is 0 Å². The number of hydrogen-bond acceptors (Lipinski definition) is 3. The number of nitrogens with zero attached hydrogens (tertiary/aromatic N) is 1. The monoisotopic (exact) mass is 249 g/mol. The van der Waals surface area contributed by atoms with Gasteiger partial charge in [-0.25, -0.2) is 0 Å². The molecule has 4 nitrogen and oxygen atoms in total. The molecule has 1 rings (SSSR count). The van der Waals surface area contributed by atoms with Crippen LogP contribution in [-0.4, -0.2) is 37.0 Å². The number of amides is 1. The van der Waals surface area contributed by atoms with Crippen molar-refractivity contribution in [1.29, 1.82) is 0 Å². The van der Waals surface area contributed by atoms with E-state index in [1.54, 1.807) is 0 Å². The van der Waals surface area contributed by atoms with Gasteiger partial charge in [0.15, 0.2) is 0 Å². The molecule has 0 saturated heterocycles. The largest absolute Gasteiger partial charge is 0.353 e. The normalized spacial score (nSPS) is 12.4. The molecular formula is C14H23N3O. The second kappa shape index (κ2) is 7.84. The molecule has 0 aliphatic rings. The zero-order valence-electron chi connectivity index (χ0n) is 11.2. The van der Waals surface area contributed by atoms with Gasteiger partial charge in [0.25, 0.3) is 0 Å². The van der Waals surface area contributed by atoms with Gasteiger partial charge in [0.2, 0.25) is 5.91 Å². The van der Waals surface area contributed by atoms with Crippen molar-refractivity contribution in [1.82, 2.24) is 10.2 Å². The van der Waals surface area contributed by atoms with Crippen LogP contribution in [0.3, 0.4) is 0 Å². The molecule has 1 aromatic carbocycles. The van der Waals surface area contributed by atoms with Crippen LogP contribution in [0.5, 0.6) is 0 Å². The summed E-state index contributed by atoms with van der Waals surface area (Å²) in [5.41, 5.74) is 6.53. The quantitative estimate of drug-likeness (QED) is 0.762. The summed E-state index contributed by atoms with van der Waals surface area (Å²) in [5.74, 6) is -0.108. The number of carbonyl (C=O) groups excluding carboxylic acids is 1. The first-order valence-corrected chi connectivity index (χ1v) is 6.48. The molecule has 0 radical (unpaired) electrons. The van der Waals surface area contributed by atoms with E-state index in [2.05, 4.69) is 36.2 Å². The van der Waals surface area contributed by atoms with Crippen LogP contribution in [0, 0.1) is 0 Å². The molecule has 18 heavy (non-hydrogen) atoms. The Bertz CT molecular complexity index is 349. The molecule has 0 aliphatic carbocycles. The van der Waals surface area contributed by atoms with Gasteiger partial charge < -0.3 is 11.1 Å². The maximum Gasteiger partial charge on any atom is 0.233 e. The lowest BCUT2D eigenvalue weighted by molar-refractivity contribution is -0.120. The molecule has 4 heteroatoms. The van der Waals surface area contributed by atoms with E-state index < -0.39 is 0 Å². The molecule has 1 amide bonds. The summed E-state index contributed by atoms with van der Waals surface area (Å²) in [4.78, 5) is 13.6. The van der Waals surface area contributed by atoms with Gasteiger partial charge in [0, 0.05) is 6.54 Å². The first-order chi connectivity index (χ1) is 8.72. The van der Waals surface area contributed by atoms with E-state index in [9.17, 15) is 4.79 Å². The third-order valence-corrected chi connectivity index (χ3v) is 3.12. The molecule has 0 spiro atoms. The molecule has 0 saturated carbocycles. The lowest BCUT2D eigenvalue weighted by Crippen LogP contribution is -2.40. The molecule has 1 aromatic rings. The summed E-state index contributed by atoms with van der Waals surface area (Å²) in [7, 11) is 0. The number of likely N-dealkylation sites (N-methyl/N-ethyl adjacent to an activating group) is 1. The summed E-state index contributed by atoms with van der Waals surface area (Å²) in [6.07, 6.45) is 0. The SMILES string of the molecule is CCN(CC)C(CNC(=O)CN)c1ccccc1. The zero-order chi connectivity index (χ0) is 13.4. The maximum absolute atomic E-state index is 11.3. The minimum Gasteiger partial charge on any atom is -0.353 e. The summed E-state index contributed by atoms with van der Waals surface area (Å²) >= 11 is 0. The van der Waals surface area contributed by atoms with E-state index in [0.29, 0.717) is 6.54 Å². The van der Waals surface area contributed by atoms with Crippen LogP contribution in [0.4, 0.5) is 0 Å². The Balaban J connectivity index is 2.78. The minimum atomic E-state index is -0.108. The number of rotatable bonds is 7. The van der Waals surface area contributed by atoms with Gasteiger partial charge in [0.05, 0.1) is 12.6 Å². The fourth-order valence-electron chi connectivity index (χ4n) is 2.08. The predicted octanol–water partition coefficient (Wildman–Crippen LogP) is 1.14. The molecule has 3 N–H and O–H groups in total. The Morgan fingerprint density at radius 1 is 1.28 bits per heavy atom. The average Bonchev–Trinajstić information content (AvgIpc) is 2.44. The van der Waals surface area contributed by atoms with E-state index in [1.165, 1.54) is 5.56 Å². The Hall–Kier alpha value is -1.39. The zero-order valence-corrected chi connectivity index (χ0v) is 11.2. The first-order valence-electron chi connectivity index (χ1n) is 6.48. The number of benzene rings is 1. The van der Waals surface area contributed by atoms with Crippen molar-refractivity contribution < 1.29 is 4.79 Å². The first kappa shape index (κ1) is 14.7. The van der Waals surface area contributed by atoms with Crippen molar-refractivity contribution >= 4 is 5.91 Å². The Labute approximate surface area is 109 Å². The van der Waals surface area contributed by atoms with Crippen LogP contribution < -0.4 is 11.1 Å². The highest BCUT2D eigenvalue weighted by atomic mass is 16.1. The molecule has 100 valence electrons. The Morgan fingerprint density at radius 2 is 1.89 bits per heavy atom. The molecule has 0 heterocycles. The van der Waals surface area contributed by atoms with Gasteiger partial charge in [0.1, 0.15) is 0 Å². The van der Waals surface area contributed by atoms with Gasteiger partial charge in [-0.2, -0.15) is 0 Å². The molecule has 0 bridgehead atoms. The highest BCUT2D eigenvalue weighted by Crippen LogP contribution is 2.19. The standard InChI is InChI=1S/C14H23N3O/c1-3-17(4-2)13(11-16-14(18)10-15)12-8-6-5-7-9-12/h5-9,13H,3-4,10-11,15H2,1-2H3,(H,16,18). The average molecular weight is 249 g/mol. The van der Waals surface area contributed by atoms with Gasteiger partial charge in [-0.05, 0) is 18.7 Å². The molecular weight excluding hydrogens is 226 g/mol. The van der Waals surface area contributed by atoms with Gasteiger partial charge in [-0.3, -0.25) is 9.69 Å².